The van der Waals surface area contributed by atoms with Crippen molar-refractivity contribution in [3.63, 3.8) is 0 Å². The highest BCUT2D eigenvalue weighted by Gasteiger charge is 2.20. The number of nitrogens with one attached hydrogen (secondary N) is 1. The molecule has 1 amide bonds. The van der Waals surface area contributed by atoms with E-state index in [-0.39, 0.29) is 4.90 Å². The van der Waals surface area contributed by atoms with Gasteiger partial charge in [0.2, 0.25) is 0 Å². The van der Waals surface area contributed by atoms with E-state index in [1.54, 1.807) is 30.5 Å². The molecule has 0 aliphatic rings. The Labute approximate surface area is 121 Å². The molecular formula is C13H14N2O3S2. The molecule has 20 heavy (non-hydrogen) atoms. The molecule has 0 atom stereocenters. The number of hydrogen-bond donors (Lipinski definition) is 2. The predicted octanol–water partition coefficient (Wildman–Crippen LogP) is 1.63. The predicted molar refractivity (Wildman–Crippen MR) is 78.0 cm³/mol. The van der Waals surface area contributed by atoms with Gasteiger partial charge >= 0.3 is 0 Å². The highest BCUT2D eigenvalue weighted by molar-refractivity contribution is 7.90. The first kappa shape index (κ1) is 14.7. The molecule has 0 fully saturated rings. The van der Waals surface area contributed by atoms with Gasteiger partial charge in [-0.05, 0) is 41.6 Å². The Hall–Kier alpha value is -1.70. The van der Waals surface area contributed by atoms with Gasteiger partial charge in [-0.1, -0.05) is 12.1 Å². The molecule has 0 saturated carbocycles. The molecule has 0 saturated heterocycles. The molecule has 7 heteroatoms. The van der Waals surface area contributed by atoms with Crippen molar-refractivity contribution in [3.05, 3.63) is 51.7 Å². The van der Waals surface area contributed by atoms with Crippen LogP contribution >= 0.6 is 11.3 Å². The second-order valence-corrected chi connectivity index (χ2v) is 6.81. The van der Waals surface area contributed by atoms with Crippen LogP contribution in [0.5, 0.6) is 0 Å². The van der Waals surface area contributed by atoms with Crippen LogP contribution in [0.25, 0.3) is 0 Å². The molecule has 5 nitrogen and oxygen atoms in total. The van der Waals surface area contributed by atoms with Crippen LogP contribution in [0.2, 0.25) is 0 Å². The zero-order valence-corrected chi connectivity index (χ0v) is 12.4. The third kappa shape index (κ3) is 3.06. The van der Waals surface area contributed by atoms with Crippen LogP contribution in [0.3, 0.4) is 0 Å². The summed E-state index contributed by atoms with van der Waals surface area (Å²) in [5.74, 6) is -0.611. The van der Waals surface area contributed by atoms with Crippen molar-refractivity contribution in [3.8, 4) is 0 Å². The van der Waals surface area contributed by atoms with E-state index < -0.39 is 15.9 Å². The number of rotatable bonds is 4. The van der Waals surface area contributed by atoms with Gasteiger partial charge in [0.05, 0.1) is 9.77 Å². The molecule has 1 heterocycles. The summed E-state index contributed by atoms with van der Waals surface area (Å²) in [6.07, 6.45) is 0. The van der Waals surface area contributed by atoms with Crippen LogP contribution in [0, 0.1) is 6.92 Å². The quantitative estimate of drug-likeness (QED) is 0.898. The van der Waals surface area contributed by atoms with E-state index in [1.165, 1.54) is 23.5 Å². The van der Waals surface area contributed by atoms with Crippen molar-refractivity contribution < 1.29 is 13.2 Å². The van der Waals surface area contributed by atoms with E-state index in [2.05, 4.69) is 4.72 Å². The highest BCUT2D eigenvalue weighted by Crippen LogP contribution is 2.17. The van der Waals surface area contributed by atoms with Gasteiger partial charge in [0.1, 0.15) is 0 Å². The smallest absolute Gasteiger partial charge is 0.275 e. The van der Waals surface area contributed by atoms with E-state index in [0.29, 0.717) is 11.4 Å². The summed E-state index contributed by atoms with van der Waals surface area (Å²) in [5, 5.41) is 1.74. The normalized spacial score (nSPS) is 11.3. The number of sulfonamides is 1. The molecule has 3 N–H and O–H groups in total. The van der Waals surface area contributed by atoms with Crippen LogP contribution in [0.15, 0.2) is 40.6 Å². The van der Waals surface area contributed by atoms with Crippen LogP contribution in [-0.2, 0) is 16.6 Å². The summed E-state index contributed by atoms with van der Waals surface area (Å²) in [6, 6.07) is 7.87. The SMILES string of the molecule is Cc1ccsc1C(=O)NS(=O)(=O)c1ccc(CN)cc1. The van der Waals surface area contributed by atoms with Gasteiger partial charge in [0.25, 0.3) is 15.9 Å². The summed E-state index contributed by atoms with van der Waals surface area (Å²) in [5.41, 5.74) is 7.03. The lowest BCUT2D eigenvalue weighted by atomic mass is 10.2. The van der Waals surface area contributed by atoms with Crippen LogP contribution in [-0.4, -0.2) is 14.3 Å². The van der Waals surface area contributed by atoms with Crippen LogP contribution < -0.4 is 10.5 Å². The maximum atomic E-state index is 12.1. The molecular weight excluding hydrogens is 296 g/mol. The highest BCUT2D eigenvalue weighted by atomic mass is 32.2. The maximum Gasteiger partial charge on any atom is 0.275 e. The second kappa shape index (κ2) is 5.74. The average molecular weight is 310 g/mol. The monoisotopic (exact) mass is 310 g/mol. The fourth-order valence-electron chi connectivity index (χ4n) is 1.64. The first-order valence-corrected chi connectivity index (χ1v) is 8.20. The van der Waals surface area contributed by atoms with E-state index in [4.69, 9.17) is 5.73 Å². The second-order valence-electron chi connectivity index (χ2n) is 4.22. The van der Waals surface area contributed by atoms with Crippen molar-refractivity contribution in [1.82, 2.24) is 4.72 Å². The summed E-state index contributed by atoms with van der Waals surface area (Å²) >= 11 is 1.21. The van der Waals surface area contributed by atoms with Crippen molar-refractivity contribution in [2.75, 3.05) is 0 Å². The Balaban J connectivity index is 2.22. The number of nitrogens with two attached hydrogens (primary N) is 1. The molecule has 0 unspecified atom stereocenters. The topological polar surface area (TPSA) is 89.3 Å². The molecule has 2 rings (SSSR count). The molecule has 2 aromatic rings. The number of aryl methyl sites for hydroxylation is 1. The average Bonchev–Trinajstić information content (AvgIpc) is 2.84. The van der Waals surface area contributed by atoms with Crippen LogP contribution in [0.4, 0.5) is 0 Å². The first-order valence-electron chi connectivity index (χ1n) is 5.84. The van der Waals surface area contributed by atoms with Crippen molar-refractivity contribution in [1.29, 1.82) is 0 Å². The van der Waals surface area contributed by atoms with Crippen molar-refractivity contribution >= 4 is 27.3 Å². The number of carbonyl (C=O) groups excluding carboxylic acids is 1. The number of thiophene rings is 1. The fourth-order valence-corrected chi connectivity index (χ4v) is 3.48. The van der Waals surface area contributed by atoms with Gasteiger partial charge in [-0.25, -0.2) is 13.1 Å². The maximum absolute atomic E-state index is 12.1. The third-order valence-corrected chi connectivity index (χ3v) is 5.13. The lowest BCUT2D eigenvalue weighted by molar-refractivity contribution is 0.0985. The largest absolute Gasteiger partial charge is 0.326 e. The van der Waals surface area contributed by atoms with Crippen molar-refractivity contribution in [2.45, 2.75) is 18.4 Å². The van der Waals surface area contributed by atoms with E-state index in [9.17, 15) is 13.2 Å². The minimum Gasteiger partial charge on any atom is -0.326 e. The minimum absolute atomic E-state index is 0.0391. The number of carbonyl (C=O) groups is 1. The summed E-state index contributed by atoms with van der Waals surface area (Å²) in [4.78, 5) is 12.4. The molecule has 0 bridgehead atoms. The third-order valence-electron chi connectivity index (χ3n) is 2.76. The summed E-state index contributed by atoms with van der Waals surface area (Å²) < 4.78 is 26.2. The minimum atomic E-state index is -3.86. The Bertz CT molecular complexity index is 718. The molecule has 1 aromatic carbocycles. The zero-order chi connectivity index (χ0) is 14.8. The Morgan fingerprint density at radius 1 is 1.25 bits per heavy atom. The molecule has 0 spiro atoms. The van der Waals surface area contributed by atoms with Gasteiger partial charge in [0, 0.05) is 6.54 Å². The van der Waals surface area contributed by atoms with Gasteiger partial charge in [0.15, 0.2) is 0 Å². The lowest BCUT2D eigenvalue weighted by Crippen LogP contribution is -2.30. The number of benzene rings is 1. The fraction of sp³-hybridized carbons (Fsp3) is 0.154. The molecule has 1 aromatic heterocycles. The summed E-state index contributed by atoms with van der Waals surface area (Å²) in [6.45, 7) is 2.09. The summed E-state index contributed by atoms with van der Waals surface area (Å²) in [7, 11) is -3.86. The van der Waals surface area contributed by atoms with Crippen LogP contribution in [0.1, 0.15) is 20.8 Å². The zero-order valence-electron chi connectivity index (χ0n) is 10.8. The number of hydrogen-bond acceptors (Lipinski definition) is 5. The molecule has 0 radical (unpaired) electrons. The van der Waals surface area contributed by atoms with E-state index in [0.717, 1.165) is 11.1 Å². The molecule has 106 valence electrons. The van der Waals surface area contributed by atoms with E-state index in [1.807, 2.05) is 0 Å². The molecule has 0 aliphatic carbocycles. The van der Waals surface area contributed by atoms with Gasteiger partial charge in [-0.3, -0.25) is 4.79 Å². The lowest BCUT2D eigenvalue weighted by Gasteiger charge is -2.07. The van der Waals surface area contributed by atoms with Gasteiger partial charge in [-0.15, -0.1) is 11.3 Å². The Morgan fingerprint density at radius 3 is 2.40 bits per heavy atom. The van der Waals surface area contributed by atoms with E-state index >= 15 is 0 Å². The standard InChI is InChI=1S/C13H14N2O3S2/c1-9-6-7-19-12(9)13(16)15-20(17,18)11-4-2-10(8-14)3-5-11/h2-7H,8,14H2,1H3,(H,15,16). The first-order chi connectivity index (χ1) is 9.44. The van der Waals surface area contributed by atoms with Crippen molar-refractivity contribution in [2.24, 2.45) is 5.73 Å². The van der Waals surface area contributed by atoms with Gasteiger partial charge < -0.3 is 5.73 Å². The van der Waals surface area contributed by atoms with Gasteiger partial charge in [-0.2, -0.15) is 0 Å². The molecule has 0 aliphatic heterocycles. The Kier molecular flexibility index (Phi) is 4.22. The Morgan fingerprint density at radius 2 is 1.90 bits per heavy atom. The number of amides is 1.